The minimum atomic E-state index is -0.601. The van der Waals surface area contributed by atoms with E-state index in [9.17, 15) is 14.9 Å². The maximum Gasteiger partial charge on any atom is 0.366 e. The van der Waals surface area contributed by atoms with Crippen molar-refractivity contribution in [3.63, 3.8) is 0 Å². The Morgan fingerprint density at radius 1 is 1.56 bits per heavy atom. The van der Waals surface area contributed by atoms with Crippen LogP contribution in [0.25, 0.3) is 0 Å². The summed E-state index contributed by atoms with van der Waals surface area (Å²) in [5.41, 5.74) is 1.04. The Bertz CT molecular complexity index is 445. The number of nitro groups is 1. The van der Waals surface area contributed by atoms with E-state index in [4.69, 9.17) is 5.11 Å². The predicted molar refractivity (Wildman–Crippen MR) is 54.9 cm³/mol. The molecule has 7 nitrogen and oxygen atoms in total. The molecule has 1 aromatic rings. The fraction of sp³-hybridized carbons (Fsp3) is 0.333. The summed E-state index contributed by atoms with van der Waals surface area (Å²) in [6.07, 6.45) is 1.13. The molecule has 0 unspecified atom stereocenters. The molecule has 0 aromatic carbocycles. The average molecular weight is 225 g/mol. The van der Waals surface area contributed by atoms with Gasteiger partial charge in [-0.25, -0.2) is 0 Å². The molecule has 0 saturated heterocycles. The Labute approximate surface area is 91.3 Å². The zero-order valence-corrected chi connectivity index (χ0v) is 8.85. The quantitative estimate of drug-likeness (QED) is 0.437. The molecule has 0 bridgehead atoms. The van der Waals surface area contributed by atoms with Crippen molar-refractivity contribution in [2.45, 2.75) is 13.8 Å². The van der Waals surface area contributed by atoms with Crippen molar-refractivity contribution in [1.29, 1.82) is 0 Å². The number of hydrogen-bond acceptors (Lipinski definition) is 5. The van der Waals surface area contributed by atoms with Crippen molar-refractivity contribution in [2.24, 2.45) is 0 Å². The lowest BCUT2D eigenvalue weighted by molar-refractivity contribution is -0.390. The van der Waals surface area contributed by atoms with E-state index in [1.165, 1.54) is 6.92 Å². The van der Waals surface area contributed by atoms with Gasteiger partial charge in [-0.2, -0.15) is 0 Å². The van der Waals surface area contributed by atoms with Gasteiger partial charge in [0.25, 0.3) is 5.91 Å². The first kappa shape index (κ1) is 12.1. The molecule has 1 aromatic heterocycles. The summed E-state index contributed by atoms with van der Waals surface area (Å²) < 4.78 is 0. The monoisotopic (exact) mass is 225 g/mol. The highest BCUT2D eigenvalue weighted by Gasteiger charge is 2.20. The number of hydrogen-bond donors (Lipinski definition) is 2. The molecule has 0 atom stereocenters. The molecule has 0 radical (unpaired) electrons. The smallest absolute Gasteiger partial charge is 0.366 e. The lowest BCUT2D eigenvalue weighted by Crippen LogP contribution is -2.25. The van der Waals surface area contributed by atoms with Gasteiger partial charge in [-0.05, 0) is 29.3 Å². The zero-order chi connectivity index (χ0) is 12.3. The standard InChI is InChI=1S/C9H11N3O4/c1-5-6(2)8(12(15)16)10-3-7(5)9(14)11-4-13/h3,13H,4H2,1-2H3,(H,11,14). The Morgan fingerprint density at radius 2 is 2.19 bits per heavy atom. The topological polar surface area (TPSA) is 105 Å². The van der Waals surface area contributed by atoms with Crippen LogP contribution < -0.4 is 5.32 Å². The van der Waals surface area contributed by atoms with Crippen LogP contribution in [0.2, 0.25) is 0 Å². The lowest BCUT2D eigenvalue weighted by Gasteiger charge is -2.06. The van der Waals surface area contributed by atoms with E-state index >= 15 is 0 Å². The van der Waals surface area contributed by atoms with E-state index in [-0.39, 0.29) is 11.4 Å². The molecule has 0 aliphatic carbocycles. The van der Waals surface area contributed by atoms with Gasteiger partial charge in [-0.15, -0.1) is 0 Å². The molecule has 16 heavy (non-hydrogen) atoms. The second kappa shape index (κ2) is 4.67. The van der Waals surface area contributed by atoms with Crippen LogP contribution in [0.15, 0.2) is 6.20 Å². The molecule has 1 heterocycles. The first-order valence-electron chi connectivity index (χ1n) is 4.48. The molecule has 1 amide bonds. The normalized spacial score (nSPS) is 9.94. The van der Waals surface area contributed by atoms with Gasteiger partial charge in [0.2, 0.25) is 0 Å². The second-order valence-electron chi connectivity index (χ2n) is 3.17. The van der Waals surface area contributed by atoms with Gasteiger partial charge >= 0.3 is 5.82 Å². The van der Waals surface area contributed by atoms with E-state index < -0.39 is 17.6 Å². The first-order chi connectivity index (χ1) is 7.49. The van der Waals surface area contributed by atoms with Crippen LogP contribution in [0.1, 0.15) is 21.5 Å². The molecule has 0 fully saturated rings. The third-order valence-corrected chi connectivity index (χ3v) is 2.28. The third kappa shape index (κ3) is 2.14. The Kier molecular flexibility index (Phi) is 3.51. The number of amides is 1. The molecular formula is C9H11N3O4. The van der Waals surface area contributed by atoms with Gasteiger partial charge in [0.1, 0.15) is 6.73 Å². The number of nitrogens with one attached hydrogen (secondary N) is 1. The number of nitrogens with zero attached hydrogens (tertiary/aromatic N) is 2. The van der Waals surface area contributed by atoms with E-state index in [0.29, 0.717) is 11.1 Å². The molecule has 1 rings (SSSR count). The highest BCUT2D eigenvalue weighted by atomic mass is 16.6. The molecule has 0 saturated carbocycles. The summed E-state index contributed by atoms with van der Waals surface area (Å²) >= 11 is 0. The van der Waals surface area contributed by atoms with Crippen molar-refractivity contribution >= 4 is 11.7 Å². The number of aliphatic hydroxyl groups excluding tert-OH is 1. The van der Waals surface area contributed by atoms with Crippen molar-refractivity contribution in [3.8, 4) is 0 Å². The largest absolute Gasteiger partial charge is 0.376 e. The van der Waals surface area contributed by atoms with Crippen LogP contribution in [0.3, 0.4) is 0 Å². The van der Waals surface area contributed by atoms with Crippen LogP contribution in [0.4, 0.5) is 5.82 Å². The number of rotatable bonds is 3. The lowest BCUT2D eigenvalue weighted by atomic mass is 10.1. The molecule has 0 aliphatic heterocycles. The van der Waals surface area contributed by atoms with Gasteiger partial charge in [0.05, 0.1) is 11.1 Å². The van der Waals surface area contributed by atoms with E-state index in [1.54, 1.807) is 6.92 Å². The van der Waals surface area contributed by atoms with E-state index in [2.05, 4.69) is 10.3 Å². The third-order valence-electron chi connectivity index (χ3n) is 2.28. The molecule has 2 N–H and O–H groups in total. The minimum absolute atomic E-state index is 0.220. The highest BCUT2D eigenvalue weighted by molar-refractivity contribution is 5.95. The van der Waals surface area contributed by atoms with Gasteiger partial charge in [0, 0.05) is 0 Å². The number of aliphatic hydroxyl groups is 1. The number of carbonyl (C=O) groups excluding carboxylic acids is 1. The summed E-state index contributed by atoms with van der Waals surface area (Å²) in [5, 5.41) is 21.3. The van der Waals surface area contributed by atoms with Gasteiger partial charge in [0.15, 0.2) is 6.20 Å². The Morgan fingerprint density at radius 3 is 2.69 bits per heavy atom. The van der Waals surface area contributed by atoms with Crippen LogP contribution in [-0.4, -0.2) is 27.7 Å². The van der Waals surface area contributed by atoms with Crippen LogP contribution in [0, 0.1) is 24.0 Å². The minimum Gasteiger partial charge on any atom is -0.376 e. The van der Waals surface area contributed by atoms with Gasteiger partial charge < -0.3 is 20.5 Å². The maximum atomic E-state index is 11.4. The molecule has 0 spiro atoms. The van der Waals surface area contributed by atoms with Crippen molar-refractivity contribution in [3.05, 3.63) is 33.0 Å². The summed E-state index contributed by atoms with van der Waals surface area (Å²) in [6, 6.07) is 0. The molecule has 86 valence electrons. The summed E-state index contributed by atoms with van der Waals surface area (Å²) in [4.78, 5) is 25.0. The Hall–Kier alpha value is -2.02. The first-order valence-corrected chi connectivity index (χ1v) is 4.48. The Balaban J connectivity index is 3.21. The maximum absolute atomic E-state index is 11.4. The van der Waals surface area contributed by atoms with Crippen LogP contribution >= 0.6 is 0 Å². The predicted octanol–water partition coefficient (Wildman–Crippen LogP) is 0.286. The summed E-state index contributed by atoms with van der Waals surface area (Å²) in [6.45, 7) is 2.63. The van der Waals surface area contributed by atoms with Crippen molar-refractivity contribution in [1.82, 2.24) is 10.3 Å². The molecule has 7 heteroatoms. The van der Waals surface area contributed by atoms with Gasteiger partial charge in [-0.1, -0.05) is 0 Å². The van der Waals surface area contributed by atoms with Crippen molar-refractivity contribution in [2.75, 3.05) is 6.73 Å². The molecule has 0 aliphatic rings. The molecular weight excluding hydrogens is 214 g/mol. The van der Waals surface area contributed by atoms with Crippen LogP contribution in [0.5, 0.6) is 0 Å². The SMILES string of the molecule is Cc1c(C(=O)NCO)cnc([N+](=O)[O-])c1C. The number of aromatic nitrogens is 1. The van der Waals surface area contributed by atoms with Crippen LogP contribution in [-0.2, 0) is 0 Å². The number of pyridine rings is 1. The second-order valence-corrected chi connectivity index (χ2v) is 3.17. The highest BCUT2D eigenvalue weighted by Crippen LogP contribution is 2.20. The summed E-state index contributed by atoms with van der Waals surface area (Å²) in [7, 11) is 0. The van der Waals surface area contributed by atoms with Crippen molar-refractivity contribution < 1.29 is 14.8 Å². The van der Waals surface area contributed by atoms with Gasteiger partial charge in [-0.3, -0.25) is 4.79 Å². The zero-order valence-electron chi connectivity index (χ0n) is 8.85. The summed E-state index contributed by atoms with van der Waals surface area (Å²) in [5.74, 6) is -0.774. The van der Waals surface area contributed by atoms with E-state index in [0.717, 1.165) is 6.20 Å². The number of carbonyl (C=O) groups is 1. The fourth-order valence-corrected chi connectivity index (χ4v) is 1.27. The van der Waals surface area contributed by atoms with E-state index in [1.807, 2.05) is 0 Å². The fourth-order valence-electron chi connectivity index (χ4n) is 1.27. The average Bonchev–Trinajstić information content (AvgIpc) is 2.21.